The van der Waals surface area contributed by atoms with E-state index in [9.17, 15) is 20.0 Å². The number of phenols is 1. The third kappa shape index (κ3) is 3.36. The molecule has 0 atom stereocenters. The first-order valence-corrected chi connectivity index (χ1v) is 7.77. The average molecular weight is 349 g/mol. The van der Waals surface area contributed by atoms with Crippen molar-refractivity contribution in [2.24, 2.45) is 5.10 Å². The van der Waals surface area contributed by atoms with Gasteiger partial charge >= 0.3 is 0 Å². The van der Waals surface area contributed by atoms with Crippen molar-refractivity contribution in [1.82, 2.24) is 5.43 Å². The Bertz CT molecular complexity index is 1030. The van der Waals surface area contributed by atoms with E-state index in [4.69, 9.17) is 0 Å². The molecule has 1 amide bonds. The minimum Gasteiger partial charge on any atom is -0.507 e. The number of nitro groups is 1. The summed E-state index contributed by atoms with van der Waals surface area (Å²) in [6, 6.07) is 16.2. The van der Waals surface area contributed by atoms with Gasteiger partial charge in [-0.3, -0.25) is 14.9 Å². The highest BCUT2D eigenvalue weighted by atomic mass is 16.6. The monoisotopic (exact) mass is 349 g/mol. The number of benzene rings is 3. The predicted octanol–water partition coefficient (Wildman–Crippen LogP) is 3.61. The molecule has 7 heteroatoms. The molecule has 2 N–H and O–H groups in total. The van der Waals surface area contributed by atoms with Gasteiger partial charge in [0.2, 0.25) is 0 Å². The fourth-order valence-corrected chi connectivity index (χ4v) is 2.54. The molecular formula is C19H15N3O4. The third-order valence-electron chi connectivity index (χ3n) is 3.96. The molecule has 0 fully saturated rings. The Morgan fingerprint density at radius 3 is 2.46 bits per heavy atom. The molecule has 0 heterocycles. The fourth-order valence-electron chi connectivity index (χ4n) is 2.54. The Morgan fingerprint density at radius 1 is 1.08 bits per heavy atom. The quantitative estimate of drug-likeness (QED) is 0.426. The van der Waals surface area contributed by atoms with Crippen molar-refractivity contribution >= 4 is 28.1 Å². The highest BCUT2D eigenvalue weighted by Gasteiger charge is 2.11. The molecule has 7 nitrogen and oxygen atoms in total. The minimum absolute atomic E-state index is 0.0916. The van der Waals surface area contributed by atoms with E-state index in [0.29, 0.717) is 16.7 Å². The van der Waals surface area contributed by atoms with E-state index in [1.165, 1.54) is 24.3 Å². The Kier molecular flexibility index (Phi) is 4.62. The molecule has 3 aromatic rings. The smallest absolute Gasteiger partial charge is 0.271 e. The summed E-state index contributed by atoms with van der Waals surface area (Å²) < 4.78 is 0. The number of carbonyl (C=O) groups excluding carboxylic acids is 1. The second-order valence-electron chi connectivity index (χ2n) is 5.62. The lowest BCUT2D eigenvalue weighted by molar-refractivity contribution is -0.384. The van der Waals surface area contributed by atoms with Crippen LogP contribution in [0.4, 0.5) is 5.69 Å². The van der Waals surface area contributed by atoms with Gasteiger partial charge in [-0.05, 0) is 30.5 Å². The SMILES string of the molecule is C/C(=N\NC(=O)c1ccc([N+](=O)[O-])cc1)c1ccc2ccccc2c1O. The number of hydrazone groups is 1. The van der Waals surface area contributed by atoms with Crippen molar-refractivity contribution in [2.75, 3.05) is 0 Å². The van der Waals surface area contributed by atoms with Gasteiger partial charge in [-0.2, -0.15) is 5.10 Å². The molecule has 0 radical (unpaired) electrons. The first kappa shape index (κ1) is 17.1. The lowest BCUT2D eigenvalue weighted by atomic mass is 10.0. The molecule has 0 aliphatic carbocycles. The van der Waals surface area contributed by atoms with Crippen LogP contribution < -0.4 is 5.43 Å². The topological polar surface area (TPSA) is 105 Å². The molecule has 0 unspecified atom stereocenters. The molecule has 26 heavy (non-hydrogen) atoms. The first-order valence-electron chi connectivity index (χ1n) is 7.77. The largest absolute Gasteiger partial charge is 0.507 e. The van der Waals surface area contributed by atoms with Crippen LogP contribution in [0.15, 0.2) is 65.8 Å². The van der Waals surface area contributed by atoms with E-state index in [1.54, 1.807) is 19.1 Å². The second-order valence-corrected chi connectivity index (χ2v) is 5.62. The van der Waals surface area contributed by atoms with Crippen molar-refractivity contribution < 1.29 is 14.8 Å². The van der Waals surface area contributed by atoms with Gasteiger partial charge in [0.05, 0.1) is 10.6 Å². The van der Waals surface area contributed by atoms with Crippen molar-refractivity contribution in [3.63, 3.8) is 0 Å². The summed E-state index contributed by atoms with van der Waals surface area (Å²) in [5, 5.41) is 26.7. The molecule has 0 bridgehead atoms. The zero-order chi connectivity index (χ0) is 18.7. The molecule has 3 rings (SSSR count). The highest BCUT2D eigenvalue weighted by molar-refractivity contribution is 6.07. The van der Waals surface area contributed by atoms with Crippen molar-refractivity contribution in [1.29, 1.82) is 0 Å². The third-order valence-corrected chi connectivity index (χ3v) is 3.96. The summed E-state index contributed by atoms with van der Waals surface area (Å²) in [5.74, 6) is -0.409. The maximum absolute atomic E-state index is 12.1. The Morgan fingerprint density at radius 2 is 1.77 bits per heavy atom. The van der Waals surface area contributed by atoms with Crippen LogP contribution in [0, 0.1) is 10.1 Å². The molecule has 0 saturated heterocycles. The Labute approximate surface area is 148 Å². The maximum atomic E-state index is 12.1. The highest BCUT2D eigenvalue weighted by Crippen LogP contribution is 2.28. The van der Waals surface area contributed by atoms with Gasteiger partial charge in [0.25, 0.3) is 11.6 Å². The van der Waals surface area contributed by atoms with Gasteiger partial charge in [-0.25, -0.2) is 5.43 Å². The lowest BCUT2D eigenvalue weighted by Gasteiger charge is -2.08. The van der Waals surface area contributed by atoms with Gasteiger partial charge in [0, 0.05) is 28.6 Å². The zero-order valence-electron chi connectivity index (χ0n) is 13.8. The number of fused-ring (bicyclic) bond motifs is 1. The molecule has 0 aliphatic heterocycles. The van der Waals surface area contributed by atoms with Crippen molar-refractivity contribution in [2.45, 2.75) is 6.92 Å². The van der Waals surface area contributed by atoms with E-state index >= 15 is 0 Å². The minimum atomic E-state index is -0.535. The van der Waals surface area contributed by atoms with E-state index < -0.39 is 10.8 Å². The number of nitrogens with zero attached hydrogens (tertiary/aromatic N) is 2. The van der Waals surface area contributed by atoms with E-state index in [1.807, 2.05) is 24.3 Å². The predicted molar refractivity (Wildman–Crippen MR) is 98.4 cm³/mol. The van der Waals surface area contributed by atoms with Gasteiger partial charge < -0.3 is 5.11 Å². The van der Waals surface area contributed by atoms with Gasteiger partial charge in [-0.1, -0.05) is 30.3 Å². The number of hydrogen-bond acceptors (Lipinski definition) is 5. The summed E-state index contributed by atoms with van der Waals surface area (Å²) in [6.07, 6.45) is 0. The molecule has 0 aromatic heterocycles. The van der Waals surface area contributed by atoms with E-state index in [-0.39, 0.29) is 17.0 Å². The number of carbonyl (C=O) groups is 1. The summed E-state index contributed by atoms with van der Waals surface area (Å²) in [7, 11) is 0. The van der Waals surface area contributed by atoms with Crippen LogP contribution in [0.1, 0.15) is 22.8 Å². The van der Waals surface area contributed by atoms with Crippen LogP contribution in [0.2, 0.25) is 0 Å². The number of phenolic OH excluding ortho intramolecular Hbond substituents is 1. The standard InChI is InChI=1S/C19H15N3O4/c1-12(16-11-8-13-4-2-3-5-17(13)18(16)23)20-21-19(24)14-6-9-15(10-7-14)22(25)26/h2-11,23H,1H3,(H,21,24)/b20-12+. The Balaban J connectivity index is 1.81. The van der Waals surface area contributed by atoms with Crippen LogP contribution >= 0.6 is 0 Å². The summed E-state index contributed by atoms with van der Waals surface area (Å²) in [5.41, 5.74) is 3.48. The number of nitrogens with one attached hydrogen (secondary N) is 1. The van der Waals surface area contributed by atoms with Gasteiger partial charge in [-0.15, -0.1) is 0 Å². The number of amides is 1. The number of nitro benzene ring substituents is 1. The molecule has 0 saturated carbocycles. The van der Waals surface area contributed by atoms with Crippen LogP contribution in [-0.4, -0.2) is 21.6 Å². The van der Waals surface area contributed by atoms with Crippen LogP contribution in [-0.2, 0) is 0 Å². The van der Waals surface area contributed by atoms with Crippen molar-refractivity contribution in [3.05, 3.63) is 81.9 Å². The van der Waals surface area contributed by atoms with Gasteiger partial charge in [0.15, 0.2) is 0 Å². The number of rotatable bonds is 4. The molecule has 3 aromatic carbocycles. The second kappa shape index (κ2) is 7.02. The lowest BCUT2D eigenvalue weighted by Crippen LogP contribution is -2.19. The Hall–Kier alpha value is -3.74. The van der Waals surface area contributed by atoms with Crippen LogP contribution in [0.25, 0.3) is 10.8 Å². The summed E-state index contributed by atoms with van der Waals surface area (Å²) in [4.78, 5) is 22.2. The molecule has 0 aliphatic rings. The summed E-state index contributed by atoms with van der Waals surface area (Å²) in [6.45, 7) is 1.67. The average Bonchev–Trinajstić information content (AvgIpc) is 2.66. The van der Waals surface area contributed by atoms with Crippen LogP contribution in [0.3, 0.4) is 0 Å². The summed E-state index contributed by atoms with van der Waals surface area (Å²) >= 11 is 0. The molecule has 0 spiro atoms. The number of hydrogen-bond donors (Lipinski definition) is 2. The van der Waals surface area contributed by atoms with E-state index in [0.717, 1.165) is 5.39 Å². The van der Waals surface area contributed by atoms with Crippen molar-refractivity contribution in [3.8, 4) is 5.75 Å². The first-order chi connectivity index (χ1) is 12.5. The van der Waals surface area contributed by atoms with E-state index in [2.05, 4.69) is 10.5 Å². The molecule has 130 valence electrons. The zero-order valence-corrected chi connectivity index (χ0v) is 13.8. The number of aromatic hydroxyl groups is 1. The van der Waals surface area contributed by atoms with Gasteiger partial charge in [0.1, 0.15) is 5.75 Å². The fraction of sp³-hybridized carbons (Fsp3) is 0.0526. The maximum Gasteiger partial charge on any atom is 0.271 e. The normalized spacial score (nSPS) is 11.3. The van der Waals surface area contributed by atoms with Crippen LogP contribution in [0.5, 0.6) is 5.75 Å². The number of non-ortho nitro benzene ring substituents is 1. The molecular weight excluding hydrogens is 334 g/mol.